The number of hydrogen-bond donors (Lipinski definition) is 2. The predicted octanol–water partition coefficient (Wildman–Crippen LogP) is 2.34. The van der Waals surface area contributed by atoms with E-state index in [1.165, 1.54) is 12.1 Å². The third-order valence-electron chi connectivity index (χ3n) is 3.74. The van der Waals surface area contributed by atoms with Crippen molar-refractivity contribution in [2.75, 3.05) is 25.0 Å². The molecule has 0 aliphatic rings. The van der Waals surface area contributed by atoms with Crippen molar-refractivity contribution in [1.82, 2.24) is 4.90 Å². The van der Waals surface area contributed by atoms with Crippen molar-refractivity contribution >= 4 is 17.3 Å². The molecule has 0 saturated heterocycles. The van der Waals surface area contributed by atoms with Crippen LogP contribution >= 0.6 is 0 Å². The van der Waals surface area contributed by atoms with Crippen molar-refractivity contribution in [2.45, 2.75) is 13.5 Å². The van der Waals surface area contributed by atoms with Gasteiger partial charge in [0.2, 0.25) is 5.91 Å². The quantitative estimate of drug-likeness (QED) is 0.566. The number of aliphatic hydroxyl groups is 1. The highest BCUT2D eigenvalue weighted by Crippen LogP contribution is 2.21. The van der Waals surface area contributed by atoms with Crippen molar-refractivity contribution in [3.63, 3.8) is 0 Å². The van der Waals surface area contributed by atoms with Gasteiger partial charge < -0.3 is 10.4 Å². The molecule has 0 fully saturated rings. The summed E-state index contributed by atoms with van der Waals surface area (Å²) in [5.41, 5.74) is 2.13. The summed E-state index contributed by atoms with van der Waals surface area (Å²) in [4.78, 5) is 24.5. The van der Waals surface area contributed by atoms with Gasteiger partial charge in [0.15, 0.2) is 0 Å². The van der Waals surface area contributed by atoms with E-state index in [-0.39, 0.29) is 24.7 Å². The van der Waals surface area contributed by atoms with E-state index in [0.29, 0.717) is 18.8 Å². The lowest BCUT2D eigenvalue weighted by Gasteiger charge is -2.21. The minimum atomic E-state index is -0.497. The highest BCUT2D eigenvalue weighted by atomic mass is 16.6. The topological polar surface area (TPSA) is 95.7 Å². The van der Waals surface area contributed by atoms with Gasteiger partial charge in [-0.2, -0.15) is 0 Å². The number of carbonyl (C=O) groups is 1. The number of nitrogens with one attached hydrogen (secondary N) is 1. The second-order valence-electron chi connectivity index (χ2n) is 5.72. The summed E-state index contributed by atoms with van der Waals surface area (Å²) in [6.45, 7) is 2.68. The van der Waals surface area contributed by atoms with Crippen molar-refractivity contribution < 1.29 is 14.8 Å². The molecule has 2 aromatic rings. The predicted molar refractivity (Wildman–Crippen MR) is 95.3 cm³/mol. The molecular formula is C18H21N3O4. The number of aryl methyl sites for hydroxylation is 1. The highest BCUT2D eigenvalue weighted by Gasteiger charge is 2.14. The molecule has 0 heterocycles. The number of aliphatic hydroxyl groups excluding tert-OH is 1. The SMILES string of the molecule is Cc1ccc([N+](=O)[O-])cc1NC(=O)CN(CCO)Cc1ccccc1. The molecule has 0 radical (unpaired) electrons. The van der Waals surface area contributed by atoms with Gasteiger partial charge in [-0.3, -0.25) is 19.8 Å². The van der Waals surface area contributed by atoms with Gasteiger partial charge in [0.25, 0.3) is 5.69 Å². The minimum absolute atomic E-state index is 0.0596. The monoisotopic (exact) mass is 343 g/mol. The van der Waals surface area contributed by atoms with Crippen molar-refractivity contribution in [3.8, 4) is 0 Å². The molecule has 25 heavy (non-hydrogen) atoms. The van der Waals surface area contributed by atoms with Gasteiger partial charge in [-0.25, -0.2) is 0 Å². The number of benzene rings is 2. The Morgan fingerprint density at radius 1 is 1.24 bits per heavy atom. The third kappa shape index (κ3) is 5.66. The van der Waals surface area contributed by atoms with E-state index in [1.807, 2.05) is 35.2 Å². The Kier molecular flexibility index (Phi) is 6.62. The zero-order valence-corrected chi connectivity index (χ0v) is 14.0. The van der Waals surface area contributed by atoms with E-state index >= 15 is 0 Å². The van der Waals surface area contributed by atoms with E-state index in [0.717, 1.165) is 11.1 Å². The van der Waals surface area contributed by atoms with Gasteiger partial charge in [-0.05, 0) is 18.1 Å². The van der Waals surface area contributed by atoms with Crippen LogP contribution < -0.4 is 5.32 Å². The number of nitro groups is 1. The molecule has 1 amide bonds. The largest absolute Gasteiger partial charge is 0.395 e. The van der Waals surface area contributed by atoms with Gasteiger partial charge in [-0.1, -0.05) is 36.4 Å². The zero-order chi connectivity index (χ0) is 18.2. The van der Waals surface area contributed by atoms with E-state index in [9.17, 15) is 20.0 Å². The Balaban J connectivity index is 2.03. The van der Waals surface area contributed by atoms with E-state index in [4.69, 9.17) is 0 Å². The number of non-ortho nitro benzene ring substituents is 1. The Morgan fingerprint density at radius 3 is 2.60 bits per heavy atom. The first kappa shape index (κ1) is 18.6. The zero-order valence-electron chi connectivity index (χ0n) is 14.0. The molecule has 2 aromatic carbocycles. The van der Waals surface area contributed by atoms with Crippen LogP contribution in [0.5, 0.6) is 0 Å². The number of anilines is 1. The fourth-order valence-corrected chi connectivity index (χ4v) is 2.45. The summed E-state index contributed by atoms with van der Waals surface area (Å²) in [5, 5.41) is 22.8. The average molecular weight is 343 g/mol. The third-order valence-corrected chi connectivity index (χ3v) is 3.74. The molecule has 7 heteroatoms. The molecule has 0 bridgehead atoms. The number of nitrogens with zero attached hydrogens (tertiary/aromatic N) is 2. The first-order valence-corrected chi connectivity index (χ1v) is 7.91. The molecule has 0 aromatic heterocycles. The fraction of sp³-hybridized carbons (Fsp3) is 0.278. The molecule has 2 rings (SSSR count). The van der Waals surface area contributed by atoms with Gasteiger partial charge in [0.05, 0.1) is 23.8 Å². The molecule has 0 aliphatic carbocycles. The molecule has 0 saturated carbocycles. The van der Waals surface area contributed by atoms with Crippen molar-refractivity contribution in [2.24, 2.45) is 0 Å². The van der Waals surface area contributed by atoms with Gasteiger partial charge >= 0.3 is 0 Å². The summed E-state index contributed by atoms with van der Waals surface area (Å²) in [5.74, 6) is -0.284. The second-order valence-corrected chi connectivity index (χ2v) is 5.72. The van der Waals surface area contributed by atoms with Crippen LogP contribution in [0.15, 0.2) is 48.5 Å². The number of amides is 1. The molecule has 132 valence electrons. The van der Waals surface area contributed by atoms with Crippen LogP contribution in [0.25, 0.3) is 0 Å². The Hall–Kier alpha value is -2.77. The summed E-state index contributed by atoms with van der Waals surface area (Å²) in [6.07, 6.45) is 0. The maximum Gasteiger partial charge on any atom is 0.271 e. The summed E-state index contributed by atoms with van der Waals surface area (Å²) in [6, 6.07) is 14.0. The van der Waals surface area contributed by atoms with Gasteiger partial charge in [0.1, 0.15) is 0 Å². The average Bonchev–Trinajstić information content (AvgIpc) is 2.57. The van der Waals surface area contributed by atoms with E-state index in [1.54, 1.807) is 13.0 Å². The number of rotatable bonds is 8. The van der Waals surface area contributed by atoms with Crippen LogP contribution in [0, 0.1) is 17.0 Å². The minimum Gasteiger partial charge on any atom is -0.395 e. The maximum absolute atomic E-state index is 12.3. The standard InChI is InChI=1S/C18H21N3O4/c1-14-7-8-16(21(24)25)11-17(14)19-18(23)13-20(9-10-22)12-15-5-3-2-4-6-15/h2-8,11,22H,9-10,12-13H2,1H3,(H,19,23). The van der Waals surface area contributed by atoms with Crippen LogP contribution in [0.3, 0.4) is 0 Å². The van der Waals surface area contributed by atoms with E-state index in [2.05, 4.69) is 5.32 Å². The number of carbonyl (C=O) groups excluding carboxylic acids is 1. The van der Waals surface area contributed by atoms with Crippen LogP contribution in [0.1, 0.15) is 11.1 Å². The van der Waals surface area contributed by atoms with Gasteiger partial charge in [0, 0.05) is 25.2 Å². The maximum atomic E-state index is 12.3. The Morgan fingerprint density at radius 2 is 1.96 bits per heavy atom. The fourth-order valence-electron chi connectivity index (χ4n) is 2.45. The van der Waals surface area contributed by atoms with Crippen LogP contribution in [-0.2, 0) is 11.3 Å². The molecule has 2 N–H and O–H groups in total. The van der Waals surface area contributed by atoms with Gasteiger partial charge in [-0.15, -0.1) is 0 Å². The first-order chi connectivity index (χ1) is 12.0. The molecular weight excluding hydrogens is 322 g/mol. The van der Waals surface area contributed by atoms with Crippen molar-refractivity contribution in [1.29, 1.82) is 0 Å². The lowest BCUT2D eigenvalue weighted by molar-refractivity contribution is -0.384. The lowest BCUT2D eigenvalue weighted by Crippen LogP contribution is -2.35. The smallest absolute Gasteiger partial charge is 0.271 e. The second kappa shape index (κ2) is 8.91. The lowest BCUT2D eigenvalue weighted by atomic mass is 10.2. The summed E-state index contributed by atoms with van der Waals surface area (Å²) >= 11 is 0. The number of hydrogen-bond acceptors (Lipinski definition) is 5. The highest BCUT2D eigenvalue weighted by molar-refractivity contribution is 5.93. The summed E-state index contributed by atoms with van der Waals surface area (Å²) < 4.78 is 0. The normalized spacial score (nSPS) is 10.7. The molecule has 0 spiro atoms. The van der Waals surface area contributed by atoms with Crippen molar-refractivity contribution in [3.05, 3.63) is 69.8 Å². The van der Waals surface area contributed by atoms with Crippen LogP contribution in [0.2, 0.25) is 0 Å². The Bertz CT molecular complexity index is 734. The van der Waals surface area contributed by atoms with Crippen LogP contribution in [-0.4, -0.2) is 40.5 Å². The van der Waals surface area contributed by atoms with E-state index < -0.39 is 4.92 Å². The van der Waals surface area contributed by atoms with Crippen LogP contribution in [0.4, 0.5) is 11.4 Å². The summed E-state index contributed by atoms with van der Waals surface area (Å²) in [7, 11) is 0. The molecule has 0 atom stereocenters. The molecule has 0 aliphatic heterocycles. The first-order valence-electron chi connectivity index (χ1n) is 7.91. The molecule has 0 unspecified atom stereocenters. The molecule has 7 nitrogen and oxygen atoms in total. The Labute approximate surface area is 146 Å². The number of nitro benzene ring substituents is 1.